The van der Waals surface area contributed by atoms with Gasteiger partial charge in [-0.3, -0.25) is 9.69 Å². The molecule has 0 radical (unpaired) electrons. The Morgan fingerprint density at radius 1 is 1.09 bits per heavy atom. The van der Waals surface area contributed by atoms with E-state index in [-0.39, 0.29) is 24.2 Å². The van der Waals surface area contributed by atoms with Gasteiger partial charge < -0.3 is 15.4 Å². The second-order valence-electron chi connectivity index (χ2n) is 7.93. The molecule has 170 valence electrons. The van der Waals surface area contributed by atoms with Crippen LogP contribution >= 0.6 is 0 Å². The van der Waals surface area contributed by atoms with E-state index >= 15 is 0 Å². The lowest BCUT2D eigenvalue weighted by molar-refractivity contribution is -0.117. The van der Waals surface area contributed by atoms with E-state index in [9.17, 15) is 18.4 Å². The molecule has 1 aliphatic heterocycles. The van der Waals surface area contributed by atoms with Gasteiger partial charge in [0, 0.05) is 37.2 Å². The molecule has 0 saturated carbocycles. The molecule has 2 amide bonds. The number of halogens is 2. The number of benzene rings is 2. The summed E-state index contributed by atoms with van der Waals surface area (Å²) in [4.78, 5) is 28.4. The van der Waals surface area contributed by atoms with Gasteiger partial charge in [0.05, 0.1) is 17.4 Å². The monoisotopic (exact) mass is 451 g/mol. The number of allylic oxidation sites excluding steroid dienone is 5. The first-order chi connectivity index (χ1) is 15.8. The van der Waals surface area contributed by atoms with E-state index in [4.69, 9.17) is 10.5 Å². The summed E-state index contributed by atoms with van der Waals surface area (Å²) in [7, 11) is 0. The maximum atomic E-state index is 14.1. The Kier molecular flexibility index (Phi) is 6.00. The molecule has 2 aliphatic rings. The number of amides is 2. The molecular formula is C25H23F2N3O3. The molecule has 2 N–H and O–H groups in total. The molecule has 0 bridgehead atoms. The highest BCUT2D eigenvalue weighted by Crippen LogP contribution is 2.39. The van der Waals surface area contributed by atoms with Crippen LogP contribution in [-0.4, -0.2) is 24.6 Å². The van der Waals surface area contributed by atoms with Gasteiger partial charge in [-0.1, -0.05) is 30.4 Å². The molecule has 0 fully saturated rings. The predicted octanol–water partition coefficient (Wildman–Crippen LogP) is 4.91. The van der Waals surface area contributed by atoms with Crippen LogP contribution in [0.25, 0.3) is 5.57 Å². The molecule has 33 heavy (non-hydrogen) atoms. The summed E-state index contributed by atoms with van der Waals surface area (Å²) in [6, 6.07) is 7.72. The van der Waals surface area contributed by atoms with E-state index in [0.29, 0.717) is 29.6 Å². The summed E-state index contributed by atoms with van der Waals surface area (Å²) in [5.74, 6) is -2.32. The third-order valence-corrected chi connectivity index (χ3v) is 5.57. The van der Waals surface area contributed by atoms with Gasteiger partial charge in [-0.25, -0.2) is 13.6 Å². The average Bonchev–Trinajstić information content (AvgIpc) is 2.98. The van der Waals surface area contributed by atoms with Crippen molar-refractivity contribution in [1.29, 1.82) is 0 Å². The van der Waals surface area contributed by atoms with Crippen molar-refractivity contribution in [2.75, 3.05) is 16.3 Å². The van der Waals surface area contributed by atoms with Crippen LogP contribution in [0.15, 0.2) is 66.4 Å². The van der Waals surface area contributed by atoms with Crippen LogP contribution in [-0.2, 0) is 4.79 Å². The van der Waals surface area contributed by atoms with Gasteiger partial charge in [-0.05, 0) is 36.8 Å². The highest BCUT2D eigenvalue weighted by molar-refractivity contribution is 6.03. The normalized spacial score (nSPS) is 17.6. The lowest BCUT2D eigenvalue weighted by Gasteiger charge is -2.40. The van der Waals surface area contributed by atoms with Gasteiger partial charge in [-0.2, -0.15) is 0 Å². The zero-order chi connectivity index (χ0) is 23.7. The molecule has 2 aromatic carbocycles. The van der Waals surface area contributed by atoms with Crippen LogP contribution < -0.4 is 20.3 Å². The minimum absolute atomic E-state index is 0.129. The van der Waals surface area contributed by atoms with Crippen LogP contribution in [0, 0.1) is 11.6 Å². The van der Waals surface area contributed by atoms with Gasteiger partial charge in [-0.15, -0.1) is 0 Å². The largest absolute Gasteiger partial charge is 0.419 e. The number of carbonyl (C=O) groups excluding carboxylic acids is 2. The topological polar surface area (TPSA) is 75.9 Å². The van der Waals surface area contributed by atoms with E-state index in [1.54, 1.807) is 24.0 Å². The lowest BCUT2D eigenvalue weighted by Crippen LogP contribution is -2.52. The summed E-state index contributed by atoms with van der Waals surface area (Å²) in [6.07, 6.45) is 7.34. The first-order valence-electron chi connectivity index (χ1n) is 10.5. The number of carbonyl (C=O) groups is 2. The van der Waals surface area contributed by atoms with Crippen molar-refractivity contribution < 1.29 is 23.1 Å². The third kappa shape index (κ3) is 4.37. The molecule has 6 nitrogen and oxygen atoms in total. The van der Waals surface area contributed by atoms with Crippen LogP contribution in [0.4, 0.5) is 25.0 Å². The standard InChI is InChI=1S/C25H23F2N3O3/c1-15-14-29(25(32)33-24-11-9-18(26)13-20(24)27)23-12-17(8-10-22(23)30(15)16(2)31)19-6-4-3-5-7-21(19)28/h3-6,8-13,15H,7,14,28H2,1-2H3. The Balaban J connectivity index is 1.77. The zero-order valence-electron chi connectivity index (χ0n) is 18.2. The van der Waals surface area contributed by atoms with E-state index in [1.807, 2.05) is 30.4 Å². The Morgan fingerprint density at radius 2 is 1.88 bits per heavy atom. The zero-order valence-corrected chi connectivity index (χ0v) is 18.2. The number of ether oxygens (including phenoxy) is 1. The number of hydrogen-bond acceptors (Lipinski definition) is 4. The Hall–Kier alpha value is -3.94. The van der Waals surface area contributed by atoms with Gasteiger partial charge in [0.2, 0.25) is 5.91 Å². The number of fused-ring (bicyclic) bond motifs is 1. The number of anilines is 2. The van der Waals surface area contributed by atoms with E-state index in [1.165, 1.54) is 11.8 Å². The van der Waals surface area contributed by atoms with Crippen LogP contribution in [0.5, 0.6) is 5.75 Å². The molecule has 0 saturated heterocycles. The van der Waals surface area contributed by atoms with Crippen molar-refractivity contribution in [2.45, 2.75) is 26.3 Å². The minimum atomic E-state index is -0.984. The predicted molar refractivity (Wildman–Crippen MR) is 123 cm³/mol. The van der Waals surface area contributed by atoms with E-state index in [2.05, 4.69) is 0 Å². The maximum Gasteiger partial charge on any atom is 0.419 e. The number of nitrogens with two attached hydrogens (primary N) is 1. The molecule has 1 heterocycles. The second kappa shape index (κ2) is 8.90. The number of hydrogen-bond donors (Lipinski definition) is 1. The SMILES string of the molecule is CC(=O)N1c2ccc(C3=C(N)CC=CC=C3)cc2N(C(=O)Oc2ccc(F)cc2F)CC1C. The van der Waals surface area contributed by atoms with Crippen molar-refractivity contribution >= 4 is 28.9 Å². The summed E-state index contributed by atoms with van der Waals surface area (Å²) >= 11 is 0. The van der Waals surface area contributed by atoms with E-state index < -0.39 is 17.7 Å². The fraction of sp³-hybridized carbons (Fsp3) is 0.200. The van der Waals surface area contributed by atoms with Gasteiger partial charge in [0.1, 0.15) is 5.82 Å². The van der Waals surface area contributed by atoms with Gasteiger partial charge >= 0.3 is 6.09 Å². The molecule has 0 aromatic heterocycles. The maximum absolute atomic E-state index is 14.1. The molecular weight excluding hydrogens is 428 g/mol. The van der Waals surface area contributed by atoms with Crippen LogP contribution in [0.2, 0.25) is 0 Å². The highest BCUT2D eigenvalue weighted by atomic mass is 19.1. The Bertz CT molecular complexity index is 1220. The van der Waals surface area contributed by atoms with Crippen molar-refractivity contribution in [1.82, 2.24) is 0 Å². The van der Waals surface area contributed by atoms with Crippen molar-refractivity contribution in [3.63, 3.8) is 0 Å². The summed E-state index contributed by atoms with van der Waals surface area (Å²) < 4.78 is 32.6. The number of rotatable bonds is 2. The Morgan fingerprint density at radius 3 is 2.61 bits per heavy atom. The van der Waals surface area contributed by atoms with Crippen LogP contribution in [0.3, 0.4) is 0 Å². The van der Waals surface area contributed by atoms with Crippen LogP contribution in [0.1, 0.15) is 25.8 Å². The Labute approximate surface area is 190 Å². The number of nitrogens with zero attached hydrogens (tertiary/aromatic N) is 2. The fourth-order valence-corrected chi connectivity index (χ4v) is 4.08. The van der Waals surface area contributed by atoms with Gasteiger partial charge in [0.25, 0.3) is 0 Å². The second-order valence-corrected chi connectivity index (χ2v) is 7.93. The van der Waals surface area contributed by atoms with Crippen molar-refractivity contribution in [3.8, 4) is 5.75 Å². The summed E-state index contributed by atoms with van der Waals surface area (Å²) in [5, 5.41) is 0. The smallest absolute Gasteiger partial charge is 0.407 e. The first-order valence-corrected chi connectivity index (χ1v) is 10.5. The molecule has 0 spiro atoms. The highest BCUT2D eigenvalue weighted by Gasteiger charge is 2.35. The molecule has 4 rings (SSSR count). The van der Waals surface area contributed by atoms with Gasteiger partial charge in [0.15, 0.2) is 11.6 Å². The summed E-state index contributed by atoms with van der Waals surface area (Å²) in [6.45, 7) is 3.39. The van der Waals surface area contributed by atoms with E-state index in [0.717, 1.165) is 23.3 Å². The molecule has 1 atom stereocenters. The minimum Gasteiger partial charge on any atom is -0.407 e. The third-order valence-electron chi connectivity index (χ3n) is 5.57. The van der Waals surface area contributed by atoms with Crippen molar-refractivity contribution in [2.24, 2.45) is 5.73 Å². The quantitative estimate of drug-likeness (QED) is 0.704. The first kappa shape index (κ1) is 22.3. The molecule has 1 aliphatic carbocycles. The fourth-order valence-electron chi connectivity index (χ4n) is 4.08. The molecule has 8 heteroatoms. The summed E-state index contributed by atoms with van der Waals surface area (Å²) in [5.41, 5.74) is 9.42. The average molecular weight is 451 g/mol. The lowest BCUT2D eigenvalue weighted by atomic mass is 9.98. The molecule has 2 aromatic rings. The molecule has 1 unspecified atom stereocenters. The van der Waals surface area contributed by atoms with Crippen molar-refractivity contribution in [3.05, 3.63) is 83.6 Å².